The molecule has 6 heteroatoms. The average Bonchev–Trinajstić information content (AvgIpc) is 3.08. The van der Waals surface area contributed by atoms with Crippen LogP contribution in [0.2, 0.25) is 0 Å². The summed E-state index contributed by atoms with van der Waals surface area (Å²) in [6.45, 7) is 1.47. The third-order valence-corrected chi connectivity index (χ3v) is 4.94. The zero-order chi connectivity index (χ0) is 17.0. The van der Waals surface area contributed by atoms with Gasteiger partial charge in [0, 0.05) is 13.7 Å². The maximum absolute atomic E-state index is 12.5. The number of nitrogens with one attached hydrogen (secondary N) is 1. The SMILES string of the molecule is COC(CN)CC(=O)NC1(c2ccc3c(c2)OCCO3)CCCC1. The Kier molecular flexibility index (Phi) is 5.26. The van der Waals surface area contributed by atoms with E-state index >= 15 is 0 Å². The molecule has 24 heavy (non-hydrogen) atoms. The number of fused-ring (bicyclic) bond motifs is 1. The van der Waals surface area contributed by atoms with Crippen LogP contribution in [0.5, 0.6) is 11.5 Å². The number of carbonyl (C=O) groups is 1. The number of rotatable bonds is 6. The van der Waals surface area contributed by atoms with Gasteiger partial charge in [0.25, 0.3) is 0 Å². The number of hydrogen-bond acceptors (Lipinski definition) is 5. The van der Waals surface area contributed by atoms with Crippen molar-refractivity contribution in [2.45, 2.75) is 43.7 Å². The minimum absolute atomic E-state index is 0.0240. The molecule has 1 amide bonds. The molecular formula is C18H26N2O4. The van der Waals surface area contributed by atoms with E-state index in [1.165, 1.54) is 0 Å². The van der Waals surface area contributed by atoms with E-state index in [4.69, 9.17) is 19.9 Å². The van der Waals surface area contributed by atoms with Crippen LogP contribution in [-0.4, -0.2) is 38.9 Å². The van der Waals surface area contributed by atoms with Crippen molar-refractivity contribution in [3.63, 3.8) is 0 Å². The summed E-state index contributed by atoms with van der Waals surface area (Å²) in [7, 11) is 1.58. The van der Waals surface area contributed by atoms with Crippen molar-refractivity contribution in [1.82, 2.24) is 5.32 Å². The fraction of sp³-hybridized carbons (Fsp3) is 0.611. The minimum Gasteiger partial charge on any atom is -0.486 e. The van der Waals surface area contributed by atoms with Crippen molar-refractivity contribution in [3.05, 3.63) is 23.8 Å². The lowest BCUT2D eigenvalue weighted by molar-refractivity contribution is -0.125. The topological polar surface area (TPSA) is 82.8 Å². The quantitative estimate of drug-likeness (QED) is 0.827. The number of carbonyl (C=O) groups excluding carboxylic acids is 1. The molecule has 0 spiro atoms. The predicted octanol–water partition coefficient (Wildman–Crippen LogP) is 1.71. The smallest absolute Gasteiger partial charge is 0.223 e. The molecule has 0 radical (unpaired) electrons. The van der Waals surface area contributed by atoms with Gasteiger partial charge in [0.15, 0.2) is 11.5 Å². The Bertz CT molecular complexity index is 580. The second-order valence-electron chi connectivity index (χ2n) is 6.49. The Morgan fingerprint density at radius 3 is 2.67 bits per heavy atom. The number of ether oxygens (including phenoxy) is 3. The normalized spacial score (nSPS) is 19.8. The summed E-state index contributed by atoms with van der Waals surface area (Å²) in [5.74, 6) is 1.51. The molecule has 3 rings (SSSR count). The third-order valence-electron chi connectivity index (χ3n) is 4.94. The van der Waals surface area contributed by atoms with Crippen molar-refractivity contribution >= 4 is 5.91 Å². The van der Waals surface area contributed by atoms with Crippen LogP contribution in [0.4, 0.5) is 0 Å². The predicted molar refractivity (Wildman–Crippen MR) is 90.2 cm³/mol. The summed E-state index contributed by atoms with van der Waals surface area (Å²) in [6, 6.07) is 5.99. The molecule has 132 valence electrons. The molecule has 1 atom stereocenters. The first kappa shape index (κ1) is 17.0. The molecule has 3 N–H and O–H groups in total. The van der Waals surface area contributed by atoms with E-state index in [1.807, 2.05) is 18.2 Å². The van der Waals surface area contributed by atoms with Crippen molar-refractivity contribution in [3.8, 4) is 11.5 Å². The van der Waals surface area contributed by atoms with Crippen LogP contribution in [0.1, 0.15) is 37.7 Å². The molecule has 1 heterocycles. The third kappa shape index (κ3) is 3.49. The highest BCUT2D eigenvalue weighted by Gasteiger charge is 2.38. The minimum atomic E-state index is -0.334. The van der Waals surface area contributed by atoms with E-state index in [9.17, 15) is 4.79 Å². The van der Waals surface area contributed by atoms with Crippen molar-refractivity contribution in [1.29, 1.82) is 0 Å². The molecule has 0 saturated heterocycles. The van der Waals surface area contributed by atoms with Gasteiger partial charge in [-0.2, -0.15) is 0 Å². The Labute approximate surface area is 142 Å². The maximum Gasteiger partial charge on any atom is 0.223 e. The summed E-state index contributed by atoms with van der Waals surface area (Å²) in [4.78, 5) is 12.5. The number of amides is 1. The molecule has 1 fully saturated rings. The molecule has 1 aromatic carbocycles. The summed E-state index contributed by atoms with van der Waals surface area (Å²) in [6.07, 6.45) is 4.08. The van der Waals surface area contributed by atoms with Gasteiger partial charge in [-0.3, -0.25) is 4.79 Å². The molecule has 0 aromatic heterocycles. The Balaban J connectivity index is 1.79. The van der Waals surface area contributed by atoms with Crippen LogP contribution < -0.4 is 20.5 Å². The van der Waals surface area contributed by atoms with Gasteiger partial charge in [-0.15, -0.1) is 0 Å². The fourth-order valence-electron chi connectivity index (χ4n) is 3.59. The first-order chi connectivity index (χ1) is 11.7. The van der Waals surface area contributed by atoms with Crippen molar-refractivity contribution < 1.29 is 19.0 Å². The van der Waals surface area contributed by atoms with E-state index in [0.29, 0.717) is 19.8 Å². The van der Waals surface area contributed by atoms with Crippen LogP contribution in [0.25, 0.3) is 0 Å². The van der Waals surface area contributed by atoms with Crippen LogP contribution in [0, 0.1) is 0 Å². The summed E-state index contributed by atoms with van der Waals surface area (Å²) >= 11 is 0. The average molecular weight is 334 g/mol. The number of benzene rings is 1. The van der Waals surface area contributed by atoms with Crippen LogP contribution in [0.3, 0.4) is 0 Å². The van der Waals surface area contributed by atoms with Gasteiger partial charge in [-0.25, -0.2) is 0 Å². The molecule has 0 bridgehead atoms. The van der Waals surface area contributed by atoms with E-state index < -0.39 is 0 Å². The van der Waals surface area contributed by atoms with E-state index in [2.05, 4.69) is 5.32 Å². The Morgan fingerprint density at radius 1 is 1.29 bits per heavy atom. The molecule has 1 saturated carbocycles. The second kappa shape index (κ2) is 7.40. The molecule has 1 aliphatic heterocycles. The molecule has 2 aliphatic rings. The monoisotopic (exact) mass is 334 g/mol. The molecular weight excluding hydrogens is 308 g/mol. The second-order valence-corrected chi connectivity index (χ2v) is 6.49. The Morgan fingerprint density at radius 2 is 2.00 bits per heavy atom. The summed E-state index contributed by atoms with van der Waals surface area (Å²) in [5.41, 5.74) is 6.37. The van der Waals surface area contributed by atoms with Crippen LogP contribution in [-0.2, 0) is 15.1 Å². The maximum atomic E-state index is 12.5. The summed E-state index contributed by atoms with van der Waals surface area (Å²) < 4.78 is 16.5. The van der Waals surface area contributed by atoms with Gasteiger partial charge in [0.1, 0.15) is 13.2 Å². The Hall–Kier alpha value is -1.79. The first-order valence-electron chi connectivity index (χ1n) is 8.61. The number of hydrogen-bond donors (Lipinski definition) is 2. The molecule has 6 nitrogen and oxygen atoms in total. The van der Waals surface area contributed by atoms with Crippen LogP contribution in [0.15, 0.2) is 18.2 Å². The number of methoxy groups -OCH3 is 1. The zero-order valence-electron chi connectivity index (χ0n) is 14.2. The van der Waals surface area contributed by atoms with Gasteiger partial charge in [0.05, 0.1) is 18.1 Å². The van der Waals surface area contributed by atoms with E-state index in [1.54, 1.807) is 7.11 Å². The fourth-order valence-corrected chi connectivity index (χ4v) is 3.59. The highest BCUT2D eigenvalue weighted by atomic mass is 16.6. The van der Waals surface area contributed by atoms with Gasteiger partial charge in [-0.1, -0.05) is 18.9 Å². The highest BCUT2D eigenvalue weighted by Crippen LogP contribution is 2.42. The van der Waals surface area contributed by atoms with Crippen molar-refractivity contribution in [2.24, 2.45) is 5.73 Å². The van der Waals surface area contributed by atoms with Crippen molar-refractivity contribution in [2.75, 3.05) is 26.9 Å². The largest absolute Gasteiger partial charge is 0.486 e. The van der Waals surface area contributed by atoms with Gasteiger partial charge in [0.2, 0.25) is 5.91 Å². The van der Waals surface area contributed by atoms with Crippen LogP contribution >= 0.6 is 0 Å². The number of nitrogens with two attached hydrogens (primary N) is 1. The lowest BCUT2D eigenvalue weighted by atomic mass is 9.87. The lowest BCUT2D eigenvalue weighted by Crippen LogP contribution is -2.45. The van der Waals surface area contributed by atoms with E-state index in [0.717, 1.165) is 42.7 Å². The lowest BCUT2D eigenvalue weighted by Gasteiger charge is -2.32. The van der Waals surface area contributed by atoms with Gasteiger partial charge in [-0.05, 0) is 30.5 Å². The van der Waals surface area contributed by atoms with E-state index in [-0.39, 0.29) is 24.0 Å². The molecule has 1 aliphatic carbocycles. The first-order valence-corrected chi connectivity index (χ1v) is 8.61. The zero-order valence-corrected chi connectivity index (χ0v) is 14.2. The highest BCUT2D eigenvalue weighted by molar-refractivity contribution is 5.77. The molecule has 1 aromatic rings. The molecule has 1 unspecified atom stereocenters. The summed E-state index contributed by atoms with van der Waals surface area (Å²) in [5, 5.41) is 3.24. The van der Waals surface area contributed by atoms with Gasteiger partial charge >= 0.3 is 0 Å². The standard InChI is InChI=1S/C18H26N2O4/c1-22-14(12-19)11-17(21)20-18(6-2-3-7-18)13-4-5-15-16(10-13)24-9-8-23-15/h4-5,10,14H,2-3,6-9,11-12,19H2,1H3,(H,20,21). The van der Waals surface area contributed by atoms with Gasteiger partial charge < -0.3 is 25.3 Å².